The molecule has 0 radical (unpaired) electrons. The van der Waals surface area contributed by atoms with Gasteiger partial charge >= 0.3 is 5.97 Å². The van der Waals surface area contributed by atoms with Crippen LogP contribution in [0.5, 0.6) is 0 Å². The Hall–Kier alpha value is -1.29. The van der Waals surface area contributed by atoms with Gasteiger partial charge in [0.05, 0.1) is 17.3 Å². The Morgan fingerprint density at radius 3 is 2.80 bits per heavy atom. The Morgan fingerprint density at radius 2 is 2.25 bits per heavy atom. The lowest BCUT2D eigenvalue weighted by atomic mass is 10.2. The average molecular weight is 320 g/mol. The van der Waals surface area contributed by atoms with Crippen LogP contribution in [0.4, 0.5) is 5.95 Å². The molecule has 0 amide bonds. The van der Waals surface area contributed by atoms with E-state index in [-0.39, 0.29) is 23.3 Å². The Morgan fingerprint density at radius 1 is 1.55 bits per heavy atom. The molecule has 0 spiro atoms. The molecule has 1 unspecified atom stereocenters. The highest BCUT2D eigenvalue weighted by molar-refractivity contribution is 7.99. The normalized spacial score (nSPS) is 21.0. The molecule has 1 fully saturated rings. The minimum Gasteiger partial charge on any atom is -0.481 e. The molecule has 2 rings (SSSR count). The summed E-state index contributed by atoms with van der Waals surface area (Å²) in [5.41, 5.74) is 0. The van der Waals surface area contributed by atoms with Gasteiger partial charge < -0.3 is 10.0 Å². The molecule has 112 valence electrons. The SMILES string of the molecule is CN(c1nnc(SCC(=O)O)n1C)C1CCS(=O)(=O)C1. The van der Waals surface area contributed by atoms with E-state index in [1.54, 1.807) is 23.6 Å². The van der Waals surface area contributed by atoms with Crippen molar-refractivity contribution in [2.75, 3.05) is 29.2 Å². The standard InChI is InChI=1S/C10H16N4O4S2/c1-13(7-3-4-20(17,18)6-7)9-11-12-10(14(9)2)19-5-8(15)16/h7H,3-6H2,1-2H3,(H,15,16). The van der Waals surface area contributed by atoms with E-state index in [4.69, 9.17) is 5.11 Å². The number of aliphatic carboxylic acids is 1. The molecule has 20 heavy (non-hydrogen) atoms. The van der Waals surface area contributed by atoms with Crippen molar-refractivity contribution < 1.29 is 18.3 Å². The van der Waals surface area contributed by atoms with E-state index in [0.29, 0.717) is 17.5 Å². The molecule has 1 aromatic rings. The second-order valence-corrected chi connectivity index (χ2v) is 7.86. The van der Waals surface area contributed by atoms with Crippen LogP contribution in [0.25, 0.3) is 0 Å². The largest absolute Gasteiger partial charge is 0.481 e. The van der Waals surface area contributed by atoms with Crippen LogP contribution in [-0.4, -0.2) is 64.6 Å². The molecule has 1 saturated heterocycles. The first kappa shape index (κ1) is 15.1. The average Bonchev–Trinajstić information content (AvgIpc) is 2.89. The van der Waals surface area contributed by atoms with Gasteiger partial charge in [-0.1, -0.05) is 11.8 Å². The highest BCUT2D eigenvalue weighted by Gasteiger charge is 2.32. The van der Waals surface area contributed by atoms with Gasteiger partial charge in [0.25, 0.3) is 0 Å². The van der Waals surface area contributed by atoms with E-state index in [9.17, 15) is 13.2 Å². The summed E-state index contributed by atoms with van der Waals surface area (Å²) in [6, 6.07) is -0.111. The minimum atomic E-state index is -2.96. The van der Waals surface area contributed by atoms with Gasteiger partial charge in [0, 0.05) is 20.1 Å². The Labute approximate surface area is 121 Å². The quantitative estimate of drug-likeness (QED) is 0.732. The highest BCUT2D eigenvalue weighted by Crippen LogP contribution is 2.24. The van der Waals surface area contributed by atoms with Crippen LogP contribution < -0.4 is 4.90 Å². The maximum absolute atomic E-state index is 11.5. The number of carboxylic acids is 1. The van der Waals surface area contributed by atoms with Gasteiger partial charge in [-0.2, -0.15) is 0 Å². The van der Waals surface area contributed by atoms with Crippen LogP contribution >= 0.6 is 11.8 Å². The van der Waals surface area contributed by atoms with Gasteiger partial charge in [-0.05, 0) is 6.42 Å². The van der Waals surface area contributed by atoms with Gasteiger partial charge in [0.1, 0.15) is 0 Å². The highest BCUT2D eigenvalue weighted by atomic mass is 32.2. The van der Waals surface area contributed by atoms with Crippen molar-refractivity contribution in [1.29, 1.82) is 0 Å². The van der Waals surface area contributed by atoms with Gasteiger partial charge in [-0.3, -0.25) is 9.36 Å². The zero-order valence-electron chi connectivity index (χ0n) is 11.2. The zero-order chi connectivity index (χ0) is 14.9. The molecule has 0 saturated carbocycles. The minimum absolute atomic E-state index is 0.0898. The third-order valence-corrected chi connectivity index (χ3v) is 5.96. The Kier molecular flexibility index (Phi) is 4.23. The van der Waals surface area contributed by atoms with Crippen molar-refractivity contribution in [1.82, 2.24) is 14.8 Å². The van der Waals surface area contributed by atoms with Crippen LogP contribution in [0.2, 0.25) is 0 Å². The summed E-state index contributed by atoms with van der Waals surface area (Å²) < 4.78 is 24.7. The number of nitrogens with zero attached hydrogens (tertiary/aromatic N) is 4. The predicted molar refractivity (Wildman–Crippen MR) is 74.8 cm³/mol. The van der Waals surface area contributed by atoms with Crippen molar-refractivity contribution in [2.24, 2.45) is 7.05 Å². The van der Waals surface area contributed by atoms with Gasteiger partial charge in [-0.25, -0.2) is 8.42 Å². The number of hydrogen-bond acceptors (Lipinski definition) is 7. The molecule has 10 heteroatoms. The van der Waals surface area contributed by atoms with E-state index in [1.165, 1.54) is 0 Å². The Balaban J connectivity index is 2.11. The van der Waals surface area contributed by atoms with Crippen LogP contribution in [0.1, 0.15) is 6.42 Å². The first-order chi connectivity index (χ1) is 9.30. The first-order valence-electron chi connectivity index (χ1n) is 5.97. The van der Waals surface area contributed by atoms with Crippen molar-refractivity contribution in [3.63, 3.8) is 0 Å². The summed E-state index contributed by atoms with van der Waals surface area (Å²) in [4.78, 5) is 12.3. The molecule has 1 N–H and O–H groups in total. The molecule has 0 aromatic carbocycles. The number of sulfone groups is 1. The lowest BCUT2D eigenvalue weighted by Crippen LogP contribution is -2.34. The summed E-state index contributed by atoms with van der Waals surface area (Å²) >= 11 is 1.08. The zero-order valence-corrected chi connectivity index (χ0v) is 12.8. The monoisotopic (exact) mass is 320 g/mol. The summed E-state index contributed by atoms with van der Waals surface area (Å²) in [5.74, 6) is -0.156. The topological polar surface area (TPSA) is 105 Å². The van der Waals surface area contributed by atoms with E-state index in [1.807, 2.05) is 0 Å². The summed E-state index contributed by atoms with van der Waals surface area (Å²) in [6.45, 7) is 0. The molecular formula is C10H16N4O4S2. The van der Waals surface area contributed by atoms with Crippen LogP contribution in [0.3, 0.4) is 0 Å². The fourth-order valence-electron chi connectivity index (χ4n) is 2.11. The third-order valence-electron chi connectivity index (χ3n) is 3.21. The molecule has 2 heterocycles. The van der Waals surface area contributed by atoms with Gasteiger partial charge in [0.2, 0.25) is 5.95 Å². The second kappa shape index (κ2) is 5.60. The Bertz CT molecular complexity index is 613. The third kappa shape index (κ3) is 3.23. The van der Waals surface area contributed by atoms with Gasteiger partial charge in [0.15, 0.2) is 15.0 Å². The van der Waals surface area contributed by atoms with Crippen LogP contribution in [0.15, 0.2) is 5.16 Å². The molecule has 0 aliphatic carbocycles. The van der Waals surface area contributed by atoms with Crippen molar-refractivity contribution >= 4 is 33.5 Å². The molecule has 1 atom stereocenters. The van der Waals surface area contributed by atoms with E-state index in [2.05, 4.69) is 10.2 Å². The molecule has 1 aliphatic heterocycles. The van der Waals surface area contributed by atoms with E-state index < -0.39 is 15.8 Å². The lowest BCUT2D eigenvalue weighted by Gasteiger charge is -2.23. The lowest BCUT2D eigenvalue weighted by molar-refractivity contribution is -0.133. The maximum atomic E-state index is 11.5. The summed E-state index contributed by atoms with van der Waals surface area (Å²) in [7, 11) is 0.556. The molecule has 8 nitrogen and oxygen atoms in total. The van der Waals surface area contributed by atoms with Crippen LogP contribution in [-0.2, 0) is 21.7 Å². The summed E-state index contributed by atoms with van der Waals surface area (Å²) in [6.07, 6.45) is 0.573. The second-order valence-electron chi connectivity index (χ2n) is 4.69. The van der Waals surface area contributed by atoms with Crippen molar-refractivity contribution in [3.05, 3.63) is 0 Å². The number of carbonyl (C=O) groups is 1. The molecule has 1 aromatic heterocycles. The smallest absolute Gasteiger partial charge is 0.313 e. The van der Waals surface area contributed by atoms with Gasteiger partial charge in [-0.15, -0.1) is 10.2 Å². The number of hydrogen-bond donors (Lipinski definition) is 1. The molecular weight excluding hydrogens is 304 g/mol. The first-order valence-corrected chi connectivity index (χ1v) is 8.78. The summed E-state index contributed by atoms with van der Waals surface area (Å²) in [5, 5.41) is 17.1. The van der Waals surface area contributed by atoms with Crippen LogP contribution in [0, 0.1) is 0 Å². The molecule has 1 aliphatic rings. The number of thioether (sulfide) groups is 1. The number of rotatable bonds is 5. The van der Waals surface area contributed by atoms with E-state index in [0.717, 1.165) is 11.8 Å². The molecule has 0 bridgehead atoms. The fraction of sp³-hybridized carbons (Fsp3) is 0.700. The predicted octanol–water partition coefficient (Wildman–Crippen LogP) is -0.385. The fourth-order valence-corrected chi connectivity index (χ4v) is 4.51. The number of anilines is 1. The van der Waals surface area contributed by atoms with E-state index >= 15 is 0 Å². The maximum Gasteiger partial charge on any atom is 0.313 e. The van der Waals surface area contributed by atoms with Crippen molar-refractivity contribution in [2.45, 2.75) is 17.6 Å². The van der Waals surface area contributed by atoms with Crippen molar-refractivity contribution in [3.8, 4) is 0 Å². The number of carboxylic acid groups (broad SMARTS) is 1. The number of aromatic nitrogens is 3.